The molecule has 0 saturated heterocycles. The van der Waals surface area contributed by atoms with Gasteiger partial charge in [0.1, 0.15) is 11.5 Å². The molecule has 1 aliphatic rings. The Bertz CT molecular complexity index is 953. The van der Waals surface area contributed by atoms with E-state index in [2.05, 4.69) is 15.5 Å². The maximum atomic E-state index is 12.3. The zero-order valence-corrected chi connectivity index (χ0v) is 16.0. The molecule has 6 heteroatoms. The summed E-state index contributed by atoms with van der Waals surface area (Å²) in [4.78, 5) is 12.3. The van der Waals surface area contributed by atoms with Crippen LogP contribution in [0.1, 0.15) is 30.0 Å². The van der Waals surface area contributed by atoms with Gasteiger partial charge in [-0.15, -0.1) is 0 Å². The molecule has 0 bridgehead atoms. The summed E-state index contributed by atoms with van der Waals surface area (Å²) >= 11 is 0. The van der Waals surface area contributed by atoms with Gasteiger partial charge < -0.3 is 14.8 Å². The van der Waals surface area contributed by atoms with Gasteiger partial charge in [0.05, 0.1) is 26.2 Å². The van der Waals surface area contributed by atoms with Crippen LogP contribution in [0.25, 0.3) is 11.1 Å². The van der Waals surface area contributed by atoms with Crippen LogP contribution < -0.4 is 14.8 Å². The third kappa shape index (κ3) is 3.86. The highest BCUT2D eigenvalue weighted by Crippen LogP contribution is 2.40. The van der Waals surface area contributed by atoms with Crippen molar-refractivity contribution < 1.29 is 14.3 Å². The molecule has 3 aromatic rings. The number of aromatic nitrogens is 2. The molecule has 2 aromatic carbocycles. The van der Waals surface area contributed by atoms with E-state index in [0.717, 1.165) is 33.9 Å². The number of H-pyrrole nitrogens is 1. The molecule has 1 heterocycles. The molecule has 1 saturated carbocycles. The second kappa shape index (κ2) is 7.76. The van der Waals surface area contributed by atoms with Crippen molar-refractivity contribution in [2.45, 2.75) is 25.2 Å². The van der Waals surface area contributed by atoms with Crippen molar-refractivity contribution in [3.05, 3.63) is 59.8 Å². The summed E-state index contributed by atoms with van der Waals surface area (Å²) < 4.78 is 10.9. The molecule has 0 radical (unpaired) electrons. The molecule has 0 unspecified atom stereocenters. The minimum Gasteiger partial charge on any atom is -0.496 e. The van der Waals surface area contributed by atoms with E-state index in [1.165, 1.54) is 12.8 Å². The lowest BCUT2D eigenvalue weighted by atomic mass is 10.0. The Morgan fingerprint density at radius 2 is 1.79 bits per heavy atom. The van der Waals surface area contributed by atoms with Crippen molar-refractivity contribution in [1.82, 2.24) is 10.2 Å². The van der Waals surface area contributed by atoms with Crippen molar-refractivity contribution in [3.63, 3.8) is 0 Å². The number of ether oxygens (including phenoxy) is 2. The number of hydrogen-bond acceptors (Lipinski definition) is 4. The Labute approximate surface area is 163 Å². The van der Waals surface area contributed by atoms with Crippen molar-refractivity contribution in [2.24, 2.45) is 0 Å². The zero-order chi connectivity index (χ0) is 19.5. The lowest BCUT2D eigenvalue weighted by Gasteiger charge is -2.13. The third-order valence-electron chi connectivity index (χ3n) is 4.92. The van der Waals surface area contributed by atoms with Gasteiger partial charge in [-0.2, -0.15) is 5.10 Å². The summed E-state index contributed by atoms with van der Waals surface area (Å²) in [6.45, 7) is 0. The Morgan fingerprint density at radius 3 is 2.39 bits per heavy atom. The molecule has 28 heavy (non-hydrogen) atoms. The largest absolute Gasteiger partial charge is 0.496 e. The highest BCUT2D eigenvalue weighted by Gasteiger charge is 2.25. The van der Waals surface area contributed by atoms with Gasteiger partial charge in [-0.05, 0) is 36.1 Å². The Hall–Kier alpha value is -3.28. The molecule has 144 valence electrons. The average molecular weight is 377 g/mol. The highest BCUT2D eigenvalue weighted by atomic mass is 16.5. The molecule has 2 N–H and O–H groups in total. The second-order valence-electron chi connectivity index (χ2n) is 6.94. The SMILES string of the molecule is COc1cccc(OC)c1-c1ccc(CC(=O)Nc2cc(C3CC3)[nH]n2)cc1. The van der Waals surface area contributed by atoms with Gasteiger partial charge in [0, 0.05) is 17.7 Å². The lowest BCUT2D eigenvalue weighted by molar-refractivity contribution is -0.115. The van der Waals surface area contributed by atoms with Gasteiger partial charge in [0.25, 0.3) is 0 Å². The number of benzene rings is 2. The summed E-state index contributed by atoms with van der Waals surface area (Å²) in [5.74, 6) is 2.57. The molecule has 1 aliphatic carbocycles. The van der Waals surface area contributed by atoms with Crippen LogP contribution in [0.5, 0.6) is 11.5 Å². The van der Waals surface area contributed by atoms with Gasteiger partial charge in [-0.25, -0.2) is 0 Å². The van der Waals surface area contributed by atoms with Crippen LogP contribution in [0, 0.1) is 0 Å². The second-order valence-corrected chi connectivity index (χ2v) is 6.94. The van der Waals surface area contributed by atoms with Crippen LogP contribution in [-0.2, 0) is 11.2 Å². The van der Waals surface area contributed by atoms with Crippen LogP contribution in [0.2, 0.25) is 0 Å². The summed E-state index contributed by atoms with van der Waals surface area (Å²) in [6, 6.07) is 15.5. The van der Waals surface area contributed by atoms with Crippen molar-refractivity contribution in [3.8, 4) is 22.6 Å². The number of nitrogens with zero attached hydrogens (tertiary/aromatic N) is 1. The first-order chi connectivity index (χ1) is 13.7. The van der Waals surface area contributed by atoms with Crippen LogP contribution >= 0.6 is 0 Å². The highest BCUT2D eigenvalue weighted by molar-refractivity contribution is 5.91. The maximum absolute atomic E-state index is 12.3. The minimum absolute atomic E-state index is 0.0866. The maximum Gasteiger partial charge on any atom is 0.229 e. The van der Waals surface area contributed by atoms with Crippen LogP contribution in [0.15, 0.2) is 48.5 Å². The van der Waals surface area contributed by atoms with Gasteiger partial charge in [-0.3, -0.25) is 9.89 Å². The van der Waals surface area contributed by atoms with Gasteiger partial charge >= 0.3 is 0 Å². The quantitative estimate of drug-likeness (QED) is 0.648. The summed E-state index contributed by atoms with van der Waals surface area (Å²) in [5.41, 5.74) is 3.89. The fraction of sp³-hybridized carbons (Fsp3) is 0.273. The zero-order valence-electron chi connectivity index (χ0n) is 16.0. The fourth-order valence-corrected chi connectivity index (χ4v) is 3.30. The predicted molar refractivity (Wildman–Crippen MR) is 108 cm³/mol. The summed E-state index contributed by atoms with van der Waals surface area (Å²) in [7, 11) is 3.28. The number of carbonyl (C=O) groups excluding carboxylic acids is 1. The first-order valence-corrected chi connectivity index (χ1v) is 9.33. The van der Waals surface area contributed by atoms with Gasteiger partial charge in [-0.1, -0.05) is 30.3 Å². The standard InChI is InChI=1S/C22H23N3O3/c1-27-18-4-3-5-19(28-2)22(18)16-8-6-14(7-9-16)12-21(26)23-20-13-17(24-25-20)15-10-11-15/h3-9,13,15H,10-12H2,1-2H3,(H2,23,24,25,26). The molecule has 0 spiro atoms. The molecule has 0 aliphatic heterocycles. The average Bonchev–Trinajstić information content (AvgIpc) is 3.47. The predicted octanol–water partition coefficient (Wildman–Crippen LogP) is 4.15. The van der Waals surface area contributed by atoms with E-state index in [1.807, 2.05) is 48.5 Å². The Morgan fingerprint density at radius 1 is 1.11 bits per heavy atom. The van der Waals surface area contributed by atoms with Crippen molar-refractivity contribution in [1.29, 1.82) is 0 Å². The Kier molecular flexibility index (Phi) is 5.02. The molecule has 1 aromatic heterocycles. The van der Waals surface area contributed by atoms with Crippen LogP contribution in [0.3, 0.4) is 0 Å². The lowest BCUT2D eigenvalue weighted by Crippen LogP contribution is -2.14. The van der Waals surface area contributed by atoms with Gasteiger partial charge in [0.2, 0.25) is 5.91 Å². The molecule has 1 fully saturated rings. The molecule has 1 amide bonds. The van der Waals surface area contributed by atoms with Crippen LogP contribution in [-0.4, -0.2) is 30.3 Å². The third-order valence-corrected chi connectivity index (χ3v) is 4.92. The van der Waals surface area contributed by atoms with E-state index in [1.54, 1.807) is 14.2 Å². The first-order valence-electron chi connectivity index (χ1n) is 9.33. The fourth-order valence-electron chi connectivity index (χ4n) is 3.30. The number of hydrogen-bond donors (Lipinski definition) is 2. The molecule has 4 rings (SSSR count). The number of carbonyl (C=O) groups is 1. The smallest absolute Gasteiger partial charge is 0.229 e. The van der Waals surface area contributed by atoms with Crippen LogP contribution in [0.4, 0.5) is 5.82 Å². The van der Waals surface area contributed by atoms with E-state index >= 15 is 0 Å². The Balaban J connectivity index is 1.45. The minimum atomic E-state index is -0.0866. The molecule has 6 nitrogen and oxygen atoms in total. The molecular weight excluding hydrogens is 354 g/mol. The topological polar surface area (TPSA) is 76.2 Å². The number of anilines is 1. The monoisotopic (exact) mass is 377 g/mol. The number of methoxy groups -OCH3 is 2. The van der Waals surface area contributed by atoms with E-state index < -0.39 is 0 Å². The summed E-state index contributed by atoms with van der Waals surface area (Å²) in [5, 5.41) is 10.0. The number of amides is 1. The number of nitrogens with one attached hydrogen (secondary N) is 2. The van der Waals surface area contributed by atoms with Crippen molar-refractivity contribution in [2.75, 3.05) is 19.5 Å². The number of aromatic amines is 1. The van der Waals surface area contributed by atoms with Crippen molar-refractivity contribution >= 4 is 11.7 Å². The summed E-state index contributed by atoms with van der Waals surface area (Å²) in [6.07, 6.45) is 2.67. The number of rotatable bonds is 7. The van der Waals surface area contributed by atoms with E-state index in [4.69, 9.17) is 9.47 Å². The molecular formula is C22H23N3O3. The van der Waals surface area contributed by atoms with E-state index in [9.17, 15) is 4.79 Å². The van der Waals surface area contributed by atoms with E-state index in [-0.39, 0.29) is 12.3 Å². The van der Waals surface area contributed by atoms with Gasteiger partial charge in [0.15, 0.2) is 5.82 Å². The normalized spacial score (nSPS) is 13.2. The first kappa shape index (κ1) is 18.1. The van der Waals surface area contributed by atoms with E-state index in [0.29, 0.717) is 11.7 Å². The molecule has 0 atom stereocenters.